The standard InChI is InChI=1S/C29H27N3O5/c1-19-17-30-29(31-19)22-8-6-9-24(16-22)36-18-23-7-4-5-10-25(23)32-28(34)14-12-21-11-13-26(35-3)27(15-21)37-20(2)33/h4-17H,18H2,1-3H3,(H,30,31)(H,32,34)/b14-12+. The van der Waals surface area contributed by atoms with E-state index in [1.807, 2.05) is 55.5 Å². The molecule has 1 heterocycles. The molecule has 8 nitrogen and oxygen atoms in total. The van der Waals surface area contributed by atoms with E-state index < -0.39 is 5.97 Å². The lowest BCUT2D eigenvalue weighted by Crippen LogP contribution is -2.10. The van der Waals surface area contributed by atoms with Crippen molar-refractivity contribution in [1.82, 2.24) is 9.97 Å². The van der Waals surface area contributed by atoms with Gasteiger partial charge in [-0.2, -0.15) is 0 Å². The highest BCUT2D eigenvalue weighted by atomic mass is 16.6. The van der Waals surface area contributed by atoms with Crippen molar-refractivity contribution in [3.8, 4) is 28.6 Å². The molecule has 0 atom stereocenters. The molecule has 8 heteroatoms. The lowest BCUT2D eigenvalue weighted by atomic mass is 10.1. The number of H-pyrrole nitrogens is 1. The molecule has 0 aliphatic rings. The fourth-order valence-electron chi connectivity index (χ4n) is 3.60. The van der Waals surface area contributed by atoms with Gasteiger partial charge in [0.1, 0.15) is 18.2 Å². The van der Waals surface area contributed by atoms with E-state index in [4.69, 9.17) is 14.2 Å². The lowest BCUT2D eigenvalue weighted by Gasteiger charge is -2.12. The highest BCUT2D eigenvalue weighted by molar-refractivity contribution is 6.02. The number of hydrogen-bond donors (Lipinski definition) is 2. The average molecular weight is 498 g/mol. The lowest BCUT2D eigenvalue weighted by molar-refractivity contribution is -0.132. The maximum Gasteiger partial charge on any atom is 0.308 e. The molecule has 0 fully saturated rings. The van der Waals surface area contributed by atoms with Crippen molar-refractivity contribution < 1.29 is 23.8 Å². The number of aryl methyl sites for hydroxylation is 1. The Morgan fingerprint density at radius 3 is 2.62 bits per heavy atom. The topological polar surface area (TPSA) is 103 Å². The van der Waals surface area contributed by atoms with Crippen LogP contribution in [0.3, 0.4) is 0 Å². The van der Waals surface area contributed by atoms with Crippen LogP contribution in [0.25, 0.3) is 17.5 Å². The number of ether oxygens (including phenoxy) is 3. The number of aromatic amines is 1. The second kappa shape index (κ2) is 11.7. The van der Waals surface area contributed by atoms with Crippen molar-refractivity contribution in [3.05, 3.63) is 95.8 Å². The van der Waals surface area contributed by atoms with Gasteiger partial charge >= 0.3 is 5.97 Å². The maximum atomic E-state index is 12.6. The molecule has 0 unspecified atom stereocenters. The Balaban J connectivity index is 1.42. The molecule has 1 amide bonds. The van der Waals surface area contributed by atoms with E-state index >= 15 is 0 Å². The van der Waals surface area contributed by atoms with Crippen LogP contribution < -0.4 is 19.5 Å². The molecular weight excluding hydrogens is 470 g/mol. The summed E-state index contributed by atoms with van der Waals surface area (Å²) in [6, 6.07) is 20.2. The molecule has 1 aromatic heterocycles. The van der Waals surface area contributed by atoms with E-state index in [-0.39, 0.29) is 18.3 Å². The van der Waals surface area contributed by atoms with Crippen LogP contribution in [0.4, 0.5) is 5.69 Å². The van der Waals surface area contributed by atoms with Gasteiger partial charge in [-0.1, -0.05) is 36.4 Å². The van der Waals surface area contributed by atoms with Crippen LogP contribution in [-0.2, 0) is 16.2 Å². The van der Waals surface area contributed by atoms with E-state index in [0.717, 1.165) is 22.6 Å². The average Bonchev–Trinajstić information content (AvgIpc) is 3.33. The number of rotatable bonds is 9. The SMILES string of the molecule is COc1ccc(/C=C/C(=O)Nc2ccccc2COc2cccc(-c3ncc(C)[nH]3)c2)cc1OC(C)=O. The van der Waals surface area contributed by atoms with Gasteiger partial charge < -0.3 is 24.5 Å². The Hall–Kier alpha value is -4.85. The van der Waals surface area contributed by atoms with Crippen LogP contribution in [0.2, 0.25) is 0 Å². The zero-order valence-electron chi connectivity index (χ0n) is 20.8. The number of carbonyl (C=O) groups is 2. The molecule has 4 aromatic rings. The van der Waals surface area contributed by atoms with Crippen LogP contribution in [0.5, 0.6) is 17.2 Å². The third-order valence-corrected chi connectivity index (χ3v) is 5.35. The predicted octanol–water partition coefficient (Wildman–Crippen LogP) is 5.55. The van der Waals surface area contributed by atoms with Crippen LogP contribution in [0.1, 0.15) is 23.7 Å². The third kappa shape index (κ3) is 6.85. The number of carbonyl (C=O) groups excluding carboxylic acids is 2. The van der Waals surface area contributed by atoms with Crippen molar-refractivity contribution in [1.29, 1.82) is 0 Å². The first-order valence-electron chi connectivity index (χ1n) is 11.6. The van der Waals surface area contributed by atoms with Gasteiger partial charge in [0.05, 0.1) is 7.11 Å². The van der Waals surface area contributed by atoms with Gasteiger partial charge in [0.15, 0.2) is 11.5 Å². The highest BCUT2D eigenvalue weighted by Crippen LogP contribution is 2.29. The van der Waals surface area contributed by atoms with E-state index in [9.17, 15) is 9.59 Å². The summed E-state index contributed by atoms with van der Waals surface area (Å²) < 4.78 is 16.4. The first-order valence-corrected chi connectivity index (χ1v) is 11.6. The summed E-state index contributed by atoms with van der Waals surface area (Å²) >= 11 is 0. The van der Waals surface area contributed by atoms with Crippen molar-refractivity contribution in [2.75, 3.05) is 12.4 Å². The van der Waals surface area contributed by atoms with Crippen LogP contribution >= 0.6 is 0 Å². The number of methoxy groups -OCH3 is 1. The number of esters is 1. The van der Waals surface area contributed by atoms with Crippen LogP contribution in [-0.4, -0.2) is 29.0 Å². The number of aromatic nitrogens is 2. The number of benzene rings is 3. The highest BCUT2D eigenvalue weighted by Gasteiger charge is 2.09. The summed E-state index contributed by atoms with van der Waals surface area (Å²) in [5, 5.41) is 2.90. The fraction of sp³-hybridized carbons (Fsp3) is 0.138. The van der Waals surface area contributed by atoms with Gasteiger partial charge in [-0.25, -0.2) is 4.98 Å². The number of anilines is 1. The second-order valence-corrected chi connectivity index (χ2v) is 8.21. The Morgan fingerprint density at radius 2 is 1.86 bits per heavy atom. The second-order valence-electron chi connectivity index (χ2n) is 8.21. The minimum absolute atomic E-state index is 0.269. The Labute approximate surface area is 214 Å². The van der Waals surface area contributed by atoms with Gasteiger partial charge in [0, 0.05) is 41.7 Å². The first-order chi connectivity index (χ1) is 17.9. The van der Waals surface area contributed by atoms with E-state index in [2.05, 4.69) is 15.3 Å². The summed E-state index contributed by atoms with van der Waals surface area (Å²) in [6.07, 6.45) is 4.82. The van der Waals surface area contributed by atoms with Gasteiger partial charge in [-0.05, 0) is 48.9 Å². The number of nitrogens with one attached hydrogen (secondary N) is 2. The predicted molar refractivity (Wildman–Crippen MR) is 142 cm³/mol. The molecule has 0 bridgehead atoms. The van der Waals surface area contributed by atoms with Gasteiger partial charge in [-0.3, -0.25) is 9.59 Å². The quantitative estimate of drug-likeness (QED) is 0.179. The first kappa shape index (κ1) is 25.2. The molecule has 0 saturated heterocycles. The molecular formula is C29H27N3O5. The summed E-state index contributed by atoms with van der Waals surface area (Å²) in [5.74, 6) is 1.41. The minimum atomic E-state index is -0.459. The minimum Gasteiger partial charge on any atom is -0.493 e. The Kier molecular flexibility index (Phi) is 8.00. The van der Waals surface area contributed by atoms with E-state index in [1.54, 1.807) is 30.5 Å². The number of imidazole rings is 1. The van der Waals surface area contributed by atoms with E-state index in [1.165, 1.54) is 20.1 Å². The molecule has 0 aliphatic carbocycles. The zero-order valence-corrected chi connectivity index (χ0v) is 20.8. The molecule has 0 aliphatic heterocycles. The van der Waals surface area contributed by atoms with Gasteiger partial charge in [0.25, 0.3) is 0 Å². The van der Waals surface area contributed by atoms with Crippen molar-refractivity contribution in [2.45, 2.75) is 20.5 Å². The van der Waals surface area contributed by atoms with Crippen LogP contribution in [0, 0.1) is 6.92 Å². The number of amides is 1. The monoisotopic (exact) mass is 497 g/mol. The summed E-state index contributed by atoms with van der Waals surface area (Å²) in [4.78, 5) is 31.6. The van der Waals surface area contributed by atoms with Gasteiger partial charge in [-0.15, -0.1) is 0 Å². The number of hydrogen-bond acceptors (Lipinski definition) is 6. The molecule has 3 aromatic carbocycles. The molecule has 2 N–H and O–H groups in total. The molecule has 37 heavy (non-hydrogen) atoms. The fourth-order valence-corrected chi connectivity index (χ4v) is 3.60. The van der Waals surface area contributed by atoms with Crippen molar-refractivity contribution in [3.63, 3.8) is 0 Å². The van der Waals surface area contributed by atoms with Gasteiger partial charge in [0.2, 0.25) is 5.91 Å². The molecule has 0 radical (unpaired) electrons. The Morgan fingerprint density at radius 1 is 1.03 bits per heavy atom. The molecule has 0 spiro atoms. The third-order valence-electron chi connectivity index (χ3n) is 5.35. The molecule has 4 rings (SSSR count). The molecule has 0 saturated carbocycles. The summed E-state index contributed by atoms with van der Waals surface area (Å²) in [5.41, 5.74) is 4.05. The van der Waals surface area contributed by atoms with Crippen LogP contribution in [0.15, 0.2) is 79.0 Å². The number of para-hydroxylation sites is 1. The van der Waals surface area contributed by atoms with Crippen molar-refractivity contribution in [2.24, 2.45) is 0 Å². The van der Waals surface area contributed by atoms with E-state index in [0.29, 0.717) is 22.7 Å². The van der Waals surface area contributed by atoms with Crippen molar-refractivity contribution >= 4 is 23.6 Å². The normalized spacial score (nSPS) is 10.8. The summed E-state index contributed by atoms with van der Waals surface area (Å²) in [7, 11) is 1.49. The largest absolute Gasteiger partial charge is 0.493 e. The summed E-state index contributed by atoms with van der Waals surface area (Å²) in [6.45, 7) is 3.53. The maximum absolute atomic E-state index is 12.6. The smallest absolute Gasteiger partial charge is 0.308 e. The molecule has 188 valence electrons. The zero-order chi connectivity index (χ0) is 26.2. The number of nitrogens with zero attached hydrogens (tertiary/aromatic N) is 1. The Bertz CT molecular complexity index is 1440.